The zero-order valence-electron chi connectivity index (χ0n) is 14.7. The average Bonchev–Trinajstić information content (AvgIpc) is 3.20. The summed E-state index contributed by atoms with van der Waals surface area (Å²) in [7, 11) is 3.63. The Morgan fingerprint density at radius 1 is 1.56 bits per heavy atom. The fraction of sp³-hybridized carbons (Fsp3) is 0.471. The van der Waals surface area contributed by atoms with Gasteiger partial charge in [-0.3, -0.25) is 9.69 Å². The number of hydrogen-bond donors (Lipinski definition) is 1. The minimum Gasteiger partial charge on any atom is -0.495 e. The Morgan fingerprint density at radius 3 is 3.08 bits per heavy atom. The molecule has 2 aromatic rings. The molecule has 1 fully saturated rings. The highest BCUT2D eigenvalue weighted by atomic mass is 32.1. The highest BCUT2D eigenvalue weighted by molar-refractivity contribution is 7.14. The van der Waals surface area contributed by atoms with Gasteiger partial charge in [0.15, 0.2) is 0 Å². The van der Waals surface area contributed by atoms with E-state index in [2.05, 4.69) is 14.9 Å². The number of amides is 1. The van der Waals surface area contributed by atoms with Crippen molar-refractivity contribution in [1.82, 2.24) is 19.8 Å². The normalized spacial score (nSPS) is 17.3. The molecule has 0 spiro atoms. The van der Waals surface area contributed by atoms with Gasteiger partial charge in [0, 0.05) is 30.2 Å². The monoisotopic (exact) mass is 361 g/mol. The number of rotatable bonds is 5. The number of hydrogen-bond acceptors (Lipinski definition) is 7. The summed E-state index contributed by atoms with van der Waals surface area (Å²) in [6.07, 6.45) is 2.60. The predicted molar refractivity (Wildman–Crippen MR) is 97.8 cm³/mol. The number of aromatic nitrogens is 2. The fourth-order valence-electron chi connectivity index (χ4n) is 3.06. The molecule has 134 valence electrons. The Kier molecular flexibility index (Phi) is 5.19. The maximum Gasteiger partial charge on any atom is 0.267 e. The van der Waals surface area contributed by atoms with Gasteiger partial charge in [-0.05, 0) is 32.5 Å². The number of carbonyl (C=O) groups is 1. The zero-order valence-corrected chi connectivity index (χ0v) is 15.5. The van der Waals surface area contributed by atoms with Crippen molar-refractivity contribution in [3.63, 3.8) is 0 Å². The van der Waals surface area contributed by atoms with Crippen LogP contribution in [0.25, 0.3) is 0 Å². The molecule has 0 aromatic carbocycles. The molecular weight excluding hydrogens is 338 g/mol. The van der Waals surface area contributed by atoms with E-state index in [9.17, 15) is 4.79 Å². The van der Waals surface area contributed by atoms with Crippen LogP contribution in [0.15, 0.2) is 18.3 Å². The summed E-state index contributed by atoms with van der Waals surface area (Å²) < 4.78 is 5.34. The highest BCUT2D eigenvalue weighted by Crippen LogP contribution is 2.31. The van der Waals surface area contributed by atoms with Crippen molar-refractivity contribution in [3.05, 3.63) is 33.9 Å². The van der Waals surface area contributed by atoms with E-state index in [1.165, 1.54) is 11.3 Å². The van der Waals surface area contributed by atoms with Crippen LogP contribution in [0, 0.1) is 6.92 Å². The molecule has 1 unspecified atom stereocenters. The van der Waals surface area contributed by atoms with Gasteiger partial charge in [-0.15, -0.1) is 11.3 Å². The molecule has 1 saturated heterocycles. The van der Waals surface area contributed by atoms with E-state index in [1.807, 2.05) is 24.9 Å². The molecule has 0 bridgehead atoms. The molecule has 1 aliphatic heterocycles. The molecule has 7 nitrogen and oxygen atoms in total. The van der Waals surface area contributed by atoms with Crippen molar-refractivity contribution < 1.29 is 9.53 Å². The molecule has 3 heterocycles. The lowest BCUT2D eigenvalue weighted by Gasteiger charge is -2.24. The molecule has 1 atom stereocenters. The van der Waals surface area contributed by atoms with Gasteiger partial charge < -0.3 is 15.4 Å². The number of likely N-dealkylation sites (N-methyl/N-ethyl adjacent to an activating group) is 1. The Bertz CT molecular complexity index is 763. The first-order valence-corrected chi connectivity index (χ1v) is 9.01. The first-order chi connectivity index (χ1) is 12.0. The van der Waals surface area contributed by atoms with Crippen molar-refractivity contribution >= 4 is 23.1 Å². The maximum atomic E-state index is 12.8. The van der Waals surface area contributed by atoms with Crippen molar-refractivity contribution in [1.29, 1.82) is 0 Å². The molecular formula is C17H23N5O2S. The first-order valence-electron chi connectivity index (χ1n) is 8.19. The van der Waals surface area contributed by atoms with E-state index >= 15 is 0 Å². The molecule has 1 amide bonds. The van der Waals surface area contributed by atoms with Crippen LogP contribution in [0.4, 0.5) is 5.82 Å². The smallest absolute Gasteiger partial charge is 0.267 e. The van der Waals surface area contributed by atoms with Crippen LogP contribution >= 0.6 is 11.3 Å². The van der Waals surface area contributed by atoms with Crippen molar-refractivity contribution in [2.45, 2.75) is 25.9 Å². The number of aryl methyl sites for hydroxylation is 1. The number of likely N-dealkylation sites (tertiary alicyclic amines) is 1. The molecule has 8 heteroatoms. The number of carbonyl (C=O) groups excluding carboxylic acids is 1. The van der Waals surface area contributed by atoms with Gasteiger partial charge in [0.25, 0.3) is 5.91 Å². The summed E-state index contributed by atoms with van der Waals surface area (Å²) in [5.74, 6) is 1.88. The lowest BCUT2D eigenvalue weighted by molar-refractivity contribution is 0.0781. The van der Waals surface area contributed by atoms with E-state index in [0.29, 0.717) is 35.4 Å². The number of nitrogen functional groups attached to an aromatic ring is 1. The Balaban J connectivity index is 1.63. The third-order valence-electron chi connectivity index (χ3n) is 4.43. The Labute approximate surface area is 151 Å². The van der Waals surface area contributed by atoms with Crippen molar-refractivity contribution in [2.24, 2.45) is 0 Å². The maximum absolute atomic E-state index is 12.8. The van der Waals surface area contributed by atoms with E-state index in [-0.39, 0.29) is 11.9 Å². The fourth-order valence-corrected chi connectivity index (χ4v) is 4.01. The Hall–Kier alpha value is -2.19. The number of ether oxygens (including phenoxy) is 1. The first kappa shape index (κ1) is 17.6. The van der Waals surface area contributed by atoms with E-state index < -0.39 is 0 Å². The van der Waals surface area contributed by atoms with Crippen LogP contribution in [0.5, 0.6) is 5.75 Å². The minimum atomic E-state index is 0.0473. The third-order valence-corrected chi connectivity index (χ3v) is 5.45. The molecule has 2 N–H and O–H groups in total. The van der Waals surface area contributed by atoms with Crippen LogP contribution in [0.2, 0.25) is 0 Å². The topological polar surface area (TPSA) is 84.6 Å². The van der Waals surface area contributed by atoms with Gasteiger partial charge in [0.05, 0.1) is 13.7 Å². The van der Waals surface area contributed by atoms with Gasteiger partial charge in [0.2, 0.25) is 0 Å². The van der Waals surface area contributed by atoms with Crippen LogP contribution in [-0.2, 0) is 6.54 Å². The average molecular weight is 361 g/mol. The lowest BCUT2D eigenvalue weighted by Crippen LogP contribution is -2.36. The largest absolute Gasteiger partial charge is 0.495 e. The molecule has 1 aliphatic rings. The number of anilines is 1. The van der Waals surface area contributed by atoms with Gasteiger partial charge in [-0.1, -0.05) is 0 Å². The summed E-state index contributed by atoms with van der Waals surface area (Å²) in [4.78, 5) is 27.1. The van der Waals surface area contributed by atoms with Crippen LogP contribution < -0.4 is 10.5 Å². The van der Waals surface area contributed by atoms with E-state index in [1.54, 1.807) is 19.4 Å². The summed E-state index contributed by atoms with van der Waals surface area (Å²) in [5, 5.41) is 0. The van der Waals surface area contributed by atoms with Crippen LogP contribution in [-0.4, -0.2) is 59.0 Å². The summed E-state index contributed by atoms with van der Waals surface area (Å²) in [6, 6.07) is 3.87. The van der Waals surface area contributed by atoms with Gasteiger partial charge >= 0.3 is 0 Å². The van der Waals surface area contributed by atoms with Gasteiger partial charge in [-0.25, -0.2) is 9.97 Å². The molecule has 25 heavy (non-hydrogen) atoms. The second kappa shape index (κ2) is 7.37. The molecule has 0 aliphatic carbocycles. The minimum absolute atomic E-state index is 0.0473. The number of nitrogens with zero attached hydrogens (tertiary/aromatic N) is 4. The van der Waals surface area contributed by atoms with Crippen molar-refractivity contribution in [3.8, 4) is 5.75 Å². The summed E-state index contributed by atoms with van der Waals surface area (Å²) in [5.41, 5.74) is 5.71. The predicted octanol–water partition coefficient (Wildman–Crippen LogP) is 1.78. The third kappa shape index (κ3) is 3.91. The van der Waals surface area contributed by atoms with Crippen LogP contribution in [0.3, 0.4) is 0 Å². The standard InChI is InChI=1S/C17H23N5O2S/c1-11-8-13(24-3)16(25-11)17(23)22-7-5-12(9-22)21(2)10-15-19-6-4-14(18)20-15/h4,6,8,12H,5,7,9-10H2,1-3H3,(H2,18,19,20). The number of methoxy groups -OCH3 is 1. The lowest BCUT2D eigenvalue weighted by atomic mass is 10.2. The Morgan fingerprint density at radius 2 is 2.36 bits per heavy atom. The van der Waals surface area contributed by atoms with E-state index in [4.69, 9.17) is 10.5 Å². The van der Waals surface area contributed by atoms with E-state index in [0.717, 1.165) is 17.8 Å². The molecule has 2 aromatic heterocycles. The second-order valence-electron chi connectivity index (χ2n) is 6.26. The number of thiophene rings is 1. The van der Waals surface area contributed by atoms with Gasteiger partial charge in [-0.2, -0.15) is 0 Å². The molecule has 0 radical (unpaired) electrons. The SMILES string of the molecule is COc1cc(C)sc1C(=O)N1CCC(N(C)Cc2nccc(N)n2)C1. The molecule has 0 saturated carbocycles. The number of nitrogens with two attached hydrogens (primary N) is 1. The molecule has 3 rings (SSSR count). The van der Waals surface area contributed by atoms with Crippen LogP contribution in [0.1, 0.15) is 26.8 Å². The van der Waals surface area contributed by atoms with Crippen molar-refractivity contribution in [2.75, 3.05) is 33.0 Å². The summed E-state index contributed by atoms with van der Waals surface area (Å²) >= 11 is 1.48. The second-order valence-corrected chi connectivity index (χ2v) is 7.52. The quantitative estimate of drug-likeness (QED) is 0.874. The highest BCUT2D eigenvalue weighted by Gasteiger charge is 2.31. The van der Waals surface area contributed by atoms with Gasteiger partial charge in [0.1, 0.15) is 22.3 Å². The zero-order chi connectivity index (χ0) is 18.0. The summed E-state index contributed by atoms with van der Waals surface area (Å²) in [6.45, 7) is 4.03.